The lowest BCUT2D eigenvalue weighted by Gasteiger charge is -2.12. The van der Waals surface area contributed by atoms with Crippen molar-refractivity contribution in [3.63, 3.8) is 0 Å². The maximum atomic E-state index is 11.8. The van der Waals surface area contributed by atoms with Crippen molar-refractivity contribution in [3.05, 3.63) is 57.2 Å². The van der Waals surface area contributed by atoms with Gasteiger partial charge in [0.05, 0.1) is 4.88 Å². The molecule has 2 aromatic rings. The van der Waals surface area contributed by atoms with Crippen LogP contribution in [0.25, 0.3) is 0 Å². The molecule has 0 atom stereocenters. The van der Waals surface area contributed by atoms with Gasteiger partial charge in [-0.1, -0.05) is 35.9 Å². The molecule has 2 rings (SSSR count). The molecule has 1 aromatic carbocycles. The van der Waals surface area contributed by atoms with E-state index in [0.29, 0.717) is 25.6 Å². The maximum absolute atomic E-state index is 11.8. The summed E-state index contributed by atoms with van der Waals surface area (Å²) in [4.78, 5) is 16.7. The van der Waals surface area contributed by atoms with Gasteiger partial charge in [0.1, 0.15) is 0 Å². The number of hydrogen-bond acceptors (Lipinski definition) is 3. The number of hydrogen-bond donors (Lipinski definition) is 3. The molecule has 0 saturated carbocycles. The predicted octanol–water partition coefficient (Wildman–Crippen LogP) is 2.89. The molecule has 5 nitrogen and oxygen atoms in total. The molecule has 0 radical (unpaired) electrons. The molecular weight excluding hydrogens is 344 g/mol. The number of nitrogens with one attached hydrogen (secondary N) is 3. The van der Waals surface area contributed by atoms with E-state index in [4.69, 9.17) is 11.6 Å². The largest absolute Gasteiger partial charge is 0.356 e. The molecule has 0 bridgehead atoms. The van der Waals surface area contributed by atoms with Crippen LogP contribution in [0.5, 0.6) is 0 Å². The van der Waals surface area contributed by atoms with Crippen molar-refractivity contribution < 1.29 is 4.79 Å². The average molecular weight is 365 g/mol. The Morgan fingerprint density at radius 1 is 1.12 bits per heavy atom. The van der Waals surface area contributed by atoms with E-state index in [-0.39, 0.29) is 5.91 Å². The Bertz CT molecular complexity index is 673. The minimum absolute atomic E-state index is 0.0220. The first-order chi connectivity index (χ1) is 11.7. The van der Waals surface area contributed by atoms with Gasteiger partial charge in [-0.15, -0.1) is 11.3 Å². The number of carbonyl (C=O) groups is 1. The zero-order valence-corrected chi connectivity index (χ0v) is 15.1. The van der Waals surface area contributed by atoms with Crippen LogP contribution in [0.2, 0.25) is 5.02 Å². The van der Waals surface area contributed by atoms with Gasteiger partial charge in [-0.2, -0.15) is 0 Å². The predicted molar refractivity (Wildman–Crippen MR) is 101 cm³/mol. The third-order valence-electron chi connectivity index (χ3n) is 3.30. The molecule has 1 heterocycles. The van der Waals surface area contributed by atoms with E-state index in [1.165, 1.54) is 11.3 Å². The SMILES string of the molecule is CN=C(NCCCNC(=O)c1cccs1)NCc1ccccc1Cl. The van der Waals surface area contributed by atoms with E-state index in [9.17, 15) is 4.79 Å². The molecule has 1 amide bonds. The lowest BCUT2D eigenvalue weighted by molar-refractivity contribution is 0.0957. The van der Waals surface area contributed by atoms with Gasteiger partial charge < -0.3 is 16.0 Å². The Kier molecular flexibility index (Phi) is 7.58. The van der Waals surface area contributed by atoms with E-state index in [1.807, 2.05) is 41.8 Å². The van der Waals surface area contributed by atoms with Gasteiger partial charge in [0.2, 0.25) is 0 Å². The number of guanidine groups is 1. The first kappa shape index (κ1) is 18.3. The molecule has 1 aromatic heterocycles. The van der Waals surface area contributed by atoms with Crippen LogP contribution in [0.1, 0.15) is 21.7 Å². The van der Waals surface area contributed by atoms with Crippen LogP contribution in [0.15, 0.2) is 46.8 Å². The highest BCUT2D eigenvalue weighted by atomic mass is 35.5. The first-order valence-electron chi connectivity index (χ1n) is 7.70. The lowest BCUT2D eigenvalue weighted by Crippen LogP contribution is -2.38. The third kappa shape index (κ3) is 5.86. The van der Waals surface area contributed by atoms with Gasteiger partial charge in [0.25, 0.3) is 5.91 Å². The summed E-state index contributed by atoms with van der Waals surface area (Å²) in [5, 5.41) is 12.0. The summed E-state index contributed by atoms with van der Waals surface area (Å²) in [5.74, 6) is 0.686. The number of carbonyl (C=O) groups excluding carboxylic acids is 1. The minimum Gasteiger partial charge on any atom is -0.356 e. The second-order valence-electron chi connectivity index (χ2n) is 5.03. The normalized spacial score (nSPS) is 11.2. The Balaban J connectivity index is 1.63. The van der Waals surface area contributed by atoms with Gasteiger partial charge in [-0.05, 0) is 29.5 Å². The number of benzene rings is 1. The fourth-order valence-corrected chi connectivity index (χ4v) is 2.88. The van der Waals surface area contributed by atoms with Crippen LogP contribution in [-0.2, 0) is 6.54 Å². The Hall–Kier alpha value is -2.05. The summed E-state index contributed by atoms with van der Waals surface area (Å²) in [5.41, 5.74) is 1.02. The van der Waals surface area contributed by atoms with Gasteiger partial charge in [-0.25, -0.2) is 0 Å². The Labute approximate surface area is 151 Å². The van der Waals surface area contributed by atoms with Crippen molar-refractivity contribution in [3.8, 4) is 0 Å². The molecule has 128 valence electrons. The second kappa shape index (κ2) is 9.95. The zero-order valence-electron chi connectivity index (χ0n) is 13.5. The van der Waals surface area contributed by atoms with Crippen molar-refractivity contribution in [1.29, 1.82) is 0 Å². The molecule has 0 spiro atoms. The summed E-state index contributed by atoms with van der Waals surface area (Å²) >= 11 is 7.57. The van der Waals surface area contributed by atoms with E-state index in [1.54, 1.807) is 7.05 Å². The van der Waals surface area contributed by atoms with Crippen molar-refractivity contribution in [2.24, 2.45) is 4.99 Å². The molecule has 0 aliphatic rings. The van der Waals surface area contributed by atoms with Crippen molar-refractivity contribution >= 4 is 34.8 Å². The summed E-state index contributed by atoms with van der Waals surface area (Å²) in [7, 11) is 1.72. The number of nitrogens with zero attached hydrogens (tertiary/aromatic N) is 1. The van der Waals surface area contributed by atoms with Gasteiger partial charge >= 0.3 is 0 Å². The summed E-state index contributed by atoms with van der Waals surface area (Å²) in [6.07, 6.45) is 0.809. The average Bonchev–Trinajstić information content (AvgIpc) is 3.13. The van der Waals surface area contributed by atoms with E-state index < -0.39 is 0 Å². The van der Waals surface area contributed by atoms with Gasteiger partial charge in [0.15, 0.2) is 5.96 Å². The molecule has 0 saturated heterocycles. The van der Waals surface area contributed by atoms with Gasteiger partial charge in [0, 0.05) is 31.7 Å². The monoisotopic (exact) mass is 364 g/mol. The molecule has 3 N–H and O–H groups in total. The Morgan fingerprint density at radius 2 is 1.92 bits per heavy atom. The number of aliphatic imine (C=N–C) groups is 1. The smallest absolute Gasteiger partial charge is 0.261 e. The molecule has 24 heavy (non-hydrogen) atoms. The van der Waals surface area contributed by atoms with Crippen LogP contribution >= 0.6 is 22.9 Å². The molecular formula is C17H21ClN4OS. The van der Waals surface area contributed by atoms with Crippen molar-refractivity contribution in [1.82, 2.24) is 16.0 Å². The Morgan fingerprint density at radius 3 is 2.62 bits per heavy atom. The number of amides is 1. The fraction of sp³-hybridized carbons (Fsp3) is 0.294. The fourth-order valence-electron chi connectivity index (χ4n) is 2.03. The number of rotatable bonds is 7. The highest BCUT2D eigenvalue weighted by molar-refractivity contribution is 7.12. The van der Waals surface area contributed by atoms with E-state index in [0.717, 1.165) is 21.9 Å². The van der Waals surface area contributed by atoms with E-state index in [2.05, 4.69) is 20.9 Å². The highest BCUT2D eigenvalue weighted by Crippen LogP contribution is 2.14. The molecule has 0 unspecified atom stereocenters. The minimum atomic E-state index is -0.0220. The molecule has 0 aliphatic carbocycles. The maximum Gasteiger partial charge on any atom is 0.261 e. The number of halogens is 1. The lowest BCUT2D eigenvalue weighted by atomic mass is 10.2. The molecule has 7 heteroatoms. The molecule has 0 fully saturated rings. The van der Waals surface area contributed by atoms with Gasteiger partial charge in [-0.3, -0.25) is 9.79 Å². The number of thiophene rings is 1. The summed E-state index contributed by atoms with van der Waals surface area (Å²) in [6, 6.07) is 11.4. The van der Waals surface area contributed by atoms with Crippen molar-refractivity contribution in [2.45, 2.75) is 13.0 Å². The highest BCUT2D eigenvalue weighted by Gasteiger charge is 2.05. The van der Waals surface area contributed by atoms with Crippen LogP contribution in [0.3, 0.4) is 0 Å². The second-order valence-corrected chi connectivity index (χ2v) is 6.39. The first-order valence-corrected chi connectivity index (χ1v) is 8.96. The van der Waals surface area contributed by atoms with Crippen LogP contribution in [-0.4, -0.2) is 32.0 Å². The topological polar surface area (TPSA) is 65.5 Å². The molecule has 0 aliphatic heterocycles. The van der Waals surface area contributed by atoms with Crippen molar-refractivity contribution in [2.75, 3.05) is 20.1 Å². The summed E-state index contributed by atoms with van der Waals surface area (Å²) in [6.45, 7) is 1.94. The van der Waals surface area contributed by atoms with E-state index >= 15 is 0 Å². The zero-order chi connectivity index (χ0) is 17.2. The van der Waals surface area contributed by atoms with Crippen LogP contribution in [0, 0.1) is 0 Å². The van der Waals surface area contributed by atoms with Crippen LogP contribution < -0.4 is 16.0 Å². The third-order valence-corrected chi connectivity index (χ3v) is 4.54. The van der Waals surface area contributed by atoms with Crippen LogP contribution in [0.4, 0.5) is 0 Å². The summed E-state index contributed by atoms with van der Waals surface area (Å²) < 4.78 is 0. The standard InChI is InChI=1S/C17H21ClN4OS/c1-19-17(22-12-13-6-2-3-7-14(13)18)21-10-5-9-20-16(23)15-8-4-11-24-15/h2-4,6-8,11H,5,9-10,12H2,1H3,(H,20,23)(H2,19,21,22). The quantitative estimate of drug-likeness (QED) is 0.402.